The van der Waals surface area contributed by atoms with Gasteiger partial charge in [0.05, 0.1) is 10.6 Å². The molecule has 3 rings (SSSR count). The summed E-state index contributed by atoms with van der Waals surface area (Å²) in [5.41, 5.74) is 4.54. The molecule has 0 atom stereocenters. The number of aryl methyl sites for hydroxylation is 3. The molecule has 0 aliphatic carbocycles. The van der Waals surface area contributed by atoms with Crippen molar-refractivity contribution in [2.24, 2.45) is 7.05 Å². The van der Waals surface area contributed by atoms with Crippen LogP contribution in [0.5, 0.6) is 0 Å². The molecule has 21 heavy (non-hydrogen) atoms. The van der Waals surface area contributed by atoms with Gasteiger partial charge in [0.2, 0.25) is 0 Å². The molecular formula is C16H18N4S. The number of nitrogens with one attached hydrogen (secondary N) is 1. The minimum atomic E-state index is 0.787. The zero-order valence-corrected chi connectivity index (χ0v) is 13.2. The standard InChI is InChI=1S/C16H18N4S/c1-11-4-6-13(7-5-11)10-17-16-18-12(2)15(21-16)14-8-9-20(3)19-14/h4-9H,10H2,1-3H3,(H,17,18). The molecular weight excluding hydrogens is 280 g/mol. The van der Waals surface area contributed by atoms with E-state index in [4.69, 9.17) is 0 Å². The van der Waals surface area contributed by atoms with Crippen LogP contribution >= 0.6 is 11.3 Å². The zero-order chi connectivity index (χ0) is 14.8. The third-order valence-corrected chi connectivity index (χ3v) is 4.44. The van der Waals surface area contributed by atoms with Crippen molar-refractivity contribution in [3.05, 3.63) is 53.3 Å². The largest absolute Gasteiger partial charge is 0.357 e. The van der Waals surface area contributed by atoms with Gasteiger partial charge in [-0.05, 0) is 25.5 Å². The molecule has 108 valence electrons. The molecule has 0 fully saturated rings. The highest BCUT2D eigenvalue weighted by Gasteiger charge is 2.11. The lowest BCUT2D eigenvalue weighted by Crippen LogP contribution is -1.98. The van der Waals surface area contributed by atoms with Crippen molar-refractivity contribution in [3.63, 3.8) is 0 Å². The summed E-state index contributed by atoms with van der Waals surface area (Å²) in [7, 11) is 1.93. The van der Waals surface area contributed by atoms with Crippen LogP contribution in [0.4, 0.5) is 5.13 Å². The van der Waals surface area contributed by atoms with Gasteiger partial charge in [0.15, 0.2) is 5.13 Å². The highest BCUT2D eigenvalue weighted by Crippen LogP contribution is 2.31. The first kappa shape index (κ1) is 13.8. The molecule has 0 bridgehead atoms. The normalized spacial score (nSPS) is 10.8. The van der Waals surface area contributed by atoms with Crippen molar-refractivity contribution in [2.45, 2.75) is 20.4 Å². The molecule has 2 aromatic heterocycles. The summed E-state index contributed by atoms with van der Waals surface area (Å²) in [5, 5.41) is 8.77. The van der Waals surface area contributed by atoms with Crippen LogP contribution in [0.3, 0.4) is 0 Å². The van der Waals surface area contributed by atoms with Crippen molar-refractivity contribution >= 4 is 16.5 Å². The van der Waals surface area contributed by atoms with Gasteiger partial charge in [-0.1, -0.05) is 41.2 Å². The molecule has 4 nitrogen and oxygen atoms in total. The Bertz CT molecular complexity index is 740. The Morgan fingerprint density at radius 3 is 2.57 bits per heavy atom. The second-order valence-corrected chi connectivity index (χ2v) is 6.15. The predicted molar refractivity (Wildman–Crippen MR) is 87.6 cm³/mol. The molecule has 0 saturated heterocycles. The van der Waals surface area contributed by atoms with Crippen molar-refractivity contribution in [1.29, 1.82) is 0 Å². The van der Waals surface area contributed by atoms with Gasteiger partial charge in [0.1, 0.15) is 5.69 Å². The van der Waals surface area contributed by atoms with E-state index in [-0.39, 0.29) is 0 Å². The second-order valence-electron chi connectivity index (χ2n) is 5.15. The summed E-state index contributed by atoms with van der Waals surface area (Å²) in [6.07, 6.45) is 1.95. The van der Waals surface area contributed by atoms with Gasteiger partial charge in [-0.25, -0.2) is 4.98 Å². The number of aromatic nitrogens is 3. The van der Waals surface area contributed by atoms with Crippen LogP contribution in [0.1, 0.15) is 16.8 Å². The maximum Gasteiger partial charge on any atom is 0.183 e. The van der Waals surface area contributed by atoms with E-state index in [1.807, 2.05) is 30.9 Å². The Morgan fingerprint density at radius 2 is 1.90 bits per heavy atom. The molecule has 1 aromatic carbocycles. The van der Waals surface area contributed by atoms with Crippen LogP contribution in [-0.2, 0) is 13.6 Å². The number of anilines is 1. The Hall–Kier alpha value is -2.14. The van der Waals surface area contributed by atoms with Gasteiger partial charge in [-0.2, -0.15) is 5.10 Å². The molecule has 2 heterocycles. The van der Waals surface area contributed by atoms with E-state index in [0.29, 0.717) is 0 Å². The average molecular weight is 298 g/mol. The Balaban J connectivity index is 1.73. The van der Waals surface area contributed by atoms with Crippen LogP contribution in [0, 0.1) is 13.8 Å². The van der Waals surface area contributed by atoms with E-state index in [1.165, 1.54) is 11.1 Å². The first-order chi connectivity index (χ1) is 10.1. The van der Waals surface area contributed by atoms with Gasteiger partial charge in [0.25, 0.3) is 0 Å². The highest BCUT2D eigenvalue weighted by atomic mass is 32.1. The maximum absolute atomic E-state index is 4.59. The monoisotopic (exact) mass is 298 g/mol. The summed E-state index contributed by atoms with van der Waals surface area (Å²) < 4.78 is 1.81. The molecule has 0 aliphatic heterocycles. The molecule has 0 saturated carbocycles. The van der Waals surface area contributed by atoms with Gasteiger partial charge in [0, 0.05) is 19.8 Å². The summed E-state index contributed by atoms with van der Waals surface area (Å²) in [5.74, 6) is 0. The third kappa shape index (κ3) is 3.13. The van der Waals surface area contributed by atoms with Crippen molar-refractivity contribution < 1.29 is 0 Å². The number of benzene rings is 1. The summed E-state index contributed by atoms with van der Waals surface area (Å²) in [6, 6.07) is 10.6. The van der Waals surface area contributed by atoms with Crippen molar-refractivity contribution in [3.8, 4) is 10.6 Å². The maximum atomic E-state index is 4.59. The Labute approximate surface area is 128 Å². The lowest BCUT2D eigenvalue weighted by molar-refractivity contribution is 0.771. The smallest absolute Gasteiger partial charge is 0.183 e. The fraction of sp³-hybridized carbons (Fsp3) is 0.250. The van der Waals surface area contributed by atoms with Crippen LogP contribution in [-0.4, -0.2) is 14.8 Å². The van der Waals surface area contributed by atoms with E-state index in [9.17, 15) is 0 Å². The van der Waals surface area contributed by atoms with Gasteiger partial charge >= 0.3 is 0 Å². The summed E-state index contributed by atoms with van der Waals surface area (Å²) >= 11 is 1.65. The Morgan fingerprint density at radius 1 is 1.14 bits per heavy atom. The van der Waals surface area contributed by atoms with Crippen molar-refractivity contribution in [2.75, 3.05) is 5.32 Å². The number of thiazole rings is 1. The van der Waals surface area contributed by atoms with E-state index in [2.05, 4.69) is 46.6 Å². The van der Waals surface area contributed by atoms with Crippen LogP contribution < -0.4 is 5.32 Å². The molecule has 0 spiro atoms. The van der Waals surface area contributed by atoms with E-state index in [1.54, 1.807) is 11.3 Å². The van der Waals surface area contributed by atoms with Gasteiger partial charge in [-0.15, -0.1) is 0 Å². The number of hydrogen-bond donors (Lipinski definition) is 1. The molecule has 0 unspecified atom stereocenters. The number of nitrogens with zero attached hydrogens (tertiary/aromatic N) is 3. The lowest BCUT2D eigenvalue weighted by Gasteiger charge is -2.02. The Kier molecular flexibility index (Phi) is 3.75. The topological polar surface area (TPSA) is 42.7 Å². The minimum Gasteiger partial charge on any atom is -0.357 e. The van der Waals surface area contributed by atoms with E-state index >= 15 is 0 Å². The van der Waals surface area contributed by atoms with Gasteiger partial charge < -0.3 is 5.32 Å². The lowest BCUT2D eigenvalue weighted by atomic mass is 10.1. The highest BCUT2D eigenvalue weighted by molar-refractivity contribution is 7.19. The fourth-order valence-corrected chi connectivity index (χ4v) is 3.06. The van der Waals surface area contributed by atoms with E-state index < -0.39 is 0 Å². The first-order valence-electron chi connectivity index (χ1n) is 6.88. The molecule has 0 amide bonds. The second kappa shape index (κ2) is 5.69. The predicted octanol–water partition coefficient (Wildman–Crippen LogP) is 3.77. The quantitative estimate of drug-likeness (QED) is 0.797. The van der Waals surface area contributed by atoms with Crippen LogP contribution in [0.2, 0.25) is 0 Å². The van der Waals surface area contributed by atoms with Crippen molar-refractivity contribution in [1.82, 2.24) is 14.8 Å². The molecule has 5 heteroatoms. The third-order valence-electron chi connectivity index (χ3n) is 3.31. The van der Waals surface area contributed by atoms with Gasteiger partial charge in [-0.3, -0.25) is 4.68 Å². The first-order valence-corrected chi connectivity index (χ1v) is 7.70. The fourth-order valence-electron chi connectivity index (χ4n) is 2.13. The summed E-state index contributed by atoms with van der Waals surface area (Å²) in [6.45, 7) is 4.91. The number of hydrogen-bond acceptors (Lipinski definition) is 4. The molecule has 0 aliphatic rings. The number of rotatable bonds is 4. The average Bonchev–Trinajstić information content (AvgIpc) is 3.04. The SMILES string of the molecule is Cc1ccc(CNc2nc(C)c(-c3ccn(C)n3)s2)cc1. The summed E-state index contributed by atoms with van der Waals surface area (Å²) in [4.78, 5) is 5.71. The molecule has 3 aromatic rings. The van der Waals surface area contributed by atoms with Crippen LogP contribution in [0.15, 0.2) is 36.5 Å². The zero-order valence-electron chi connectivity index (χ0n) is 12.4. The van der Waals surface area contributed by atoms with Crippen LogP contribution in [0.25, 0.3) is 10.6 Å². The molecule has 0 radical (unpaired) electrons. The van der Waals surface area contributed by atoms with E-state index in [0.717, 1.165) is 27.9 Å². The molecule has 1 N–H and O–H groups in total. The minimum absolute atomic E-state index is 0.787.